The number of hydrogen-bond donors (Lipinski definition) is 1. The molecule has 1 nitrogen and oxygen atoms in total. The van der Waals surface area contributed by atoms with E-state index in [4.69, 9.17) is 0 Å². The van der Waals surface area contributed by atoms with Gasteiger partial charge in [0.25, 0.3) is 0 Å². The van der Waals surface area contributed by atoms with E-state index in [0.29, 0.717) is 6.04 Å². The van der Waals surface area contributed by atoms with Crippen LogP contribution in [0.1, 0.15) is 30.9 Å². The van der Waals surface area contributed by atoms with Gasteiger partial charge >= 0.3 is 0 Å². The van der Waals surface area contributed by atoms with E-state index < -0.39 is 0 Å². The second kappa shape index (κ2) is 5.83. The standard InChI is InChI=1S/C11H13BrFN.ClH/c12-10-7-8(13)4-5-9(10)11-3-1-2-6-14-11;/h4-5,7,11,14H,1-3,6H2;1H/t11-;/m0./s1. The fourth-order valence-corrected chi connectivity index (χ4v) is 2.53. The van der Waals surface area contributed by atoms with Crippen molar-refractivity contribution in [1.82, 2.24) is 5.32 Å². The van der Waals surface area contributed by atoms with Crippen molar-refractivity contribution in [3.05, 3.63) is 34.1 Å². The third kappa shape index (κ3) is 3.16. The molecule has 0 spiro atoms. The number of halogens is 3. The van der Waals surface area contributed by atoms with Crippen LogP contribution in [-0.2, 0) is 0 Å². The van der Waals surface area contributed by atoms with Crippen molar-refractivity contribution in [3.8, 4) is 0 Å². The molecule has 0 radical (unpaired) electrons. The molecule has 1 aliphatic rings. The highest BCUT2D eigenvalue weighted by Crippen LogP contribution is 2.29. The lowest BCUT2D eigenvalue weighted by molar-refractivity contribution is 0.411. The lowest BCUT2D eigenvalue weighted by atomic mass is 9.98. The van der Waals surface area contributed by atoms with Gasteiger partial charge in [-0.25, -0.2) is 4.39 Å². The first-order chi connectivity index (χ1) is 6.77. The molecule has 1 atom stereocenters. The van der Waals surface area contributed by atoms with Gasteiger partial charge in [-0.05, 0) is 37.1 Å². The maximum atomic E-state index is 12.9. The number of rotatable bonds is 1. The van der Waals surface area contributed by atoms with Crippen LogP contribution in [0, 0.1) is 5.82 Å². The summed E-state index contributed by atoms with van der Waals surface area (Å²) < 4.78 is 13.7. The summed E-state index contributed by atoms with van der Waals surface area (Å²) in [7, 11) is 0. The third-order valence-corrected chi connectivity index (χ3v) is 3.33. The average Bonchev–Trinajstić information content (AvgIpc) is 2.19. The first kappa shape index (κ1) is 12.9. The van der Waals surface area contributed by atoms with Crippen LogP contribution >= 0.6 is 28.3 Å². The molecular weight excluding hydrogens is 280 g/mol. The zero-order chi connectivity index (χ0) is 9.97. The topological polar surface area (TPSA) is 12.0 Å². The molecule has 0 aliphatic carbocycles. The highest BCUT2D eigenvalue weighted by molar-refractivity contribution is 9.10. The summed E-state index contributed by atoms with van der Waals surface area (Å²) >= 11 is 3.40. The molecule has 1 heterocycles. The van der Waals surface area contributed by atoms with Crippen LogP contribution in [0.25, 0.3) is 0 Å². The van der Waals surface area contributed by atoms with E-state index in [1.54, 1.807) is 0 Å². The van der Waals surface area contributed by atoms with E-state index in [0.717, 1.165) is 17.4 Å². The Labute approximate surface area is 104 Å². The summed E-state index contributed by atoms with van der Waals surface area (Å²) in [6.45, 7) is 1.06. The molecule has 1 saturated heterocycles. The Bertz CT molecular complexity index is 326. The van der Waals surface area contributed by atoms with E-state index in [1.807, 2.05) is 6.07 Å². The van der Waals surface area contributed by atoms with Crippen molar-refractivity contribution >= 4 is 28.3 Å². The minimum atomic E-state index is -0.184. The van der Waals surface area contributed by atoms with Crippen molar-refractivity contribution in [2.45, 2.75) is 25.3 Å². The van der Waals surface area contributed by atoms with Gasteiger partial charge in [0.1, 0.15) is 5.82 Å². The zero-order valence-electron chi connectivity index (χ0n) is 8.30. The van der Waals surface area contributed by atoms with E-state index in [2.05, 4.69) is 21.2 Å². The van der Waals surface area contributed by atoms with Crippen molar-refractivity contribution < 1.29 is 4.39 Å². The van der Waals surface area contributed by atoms with Crippen LogP contribution in [0.3, 0.4) is 0 Å². The number of hydrogen-bond acceptors (Lipinski definition) is 1. The van der Waals surface area contributed by atoms with Crippen molar-refractivity contribution in [2.75, 3.05) is 6.54 Å². The van der Waals surface area contributed by atoms with Crippen molar-refractivity contribution in [3.63, 3.8) is 0 Å². The summed E-state index contributed by atoms with van der Waals surface area (Å²) in [5.41, 5.74) is 1.17. The van der Waals surface area contributed by atoms with Crippen LogP contribution in [0.5, 0.6) is 0 Å². The Hall–Kier alpha value is -0.120. The predicted molar refractivity (Wildman–Crippen MR) is 65.9 cm³/mol. The largest absolute Gasteiger partial charge is 0.310 e. The van der Waals surface area contributed by atoms with Crippen LogP contribution in [-0.4, -0.2) is 6.54 Å². The molecule has 1 fully saturated rings. The van der Waals surface area contributed by atoms with Crippen LogP contribution < -0.4 is 5.32 Å². The van der Waals surface area contributed by atoms with Gasteiger partial charge in [-0.15, -0.1) is 12.4 Å². The Morgan fingerprint density at radius 1 is 1.33 bits per heavy atom. The quantitative estimate of drug-likeness (QED) is 0.830. The highest BCUT2D eigenvalue weighted by atomic mass is 79.9. The lowest BCUT2D eigenvalue weighted by Crippen LogP contribution is -2.27. The van der Waals surface area contributed by atoms with Crippen LogP contribution in [0.15, 0.2) is 22.7 Å². The molecule has 0 unspecified atom stereocenters. The van der Waals surface area contributed by atoms with E-state index >= 15 is 0 Å². The molecular formula is C11H14BrClFN. The first-order valence-corrected chi connectivity index (χ1v) is 5.75. The molecule has 1 aliphatic heterocycles. The van der Waals surface area contributed by atoms with E-state index in [1.165, 1.54) is 30.5 Å². The first-order valence-electron chi connectivity index (χ1n) is 4.96. The molecule has 1 N–H and O–H groups in total. The SMILES string of the molecule is Cl.Fc1ccc([C@@H]2CCCCN2)c(Br)c1. The smallest absolute Gasteiger partial charge is 0.124 e. The minimum Gasteiger partial charge on any atom is -0.310 e. The molecule has 1 aromatic rings. The van der Waals surface area contributed by atoms with Gasteiger partial charge in [0.15, 0.2) is 0 Å². The van der Waals surface area contributed by atoms with E-state index in [9.17, 15) is 4.39 Å². The Balaban J connectivity index is 0.00000112. The average molecular weight is 295 g/mol. The second-order valence-corrected chi connectivity index (χ2v) is 4.52. The summed E-state index contributed by atoms with van der Waals surface area (Å²) in [4.78, 5) is 0. The minimum absolute atomic E-state index is 0. The molecule has 2 rings (SSSR count). The van der Waals surface area contributed by atoms with Crippen molar-refractivity contribution in [1.29, 1.82) is 0 Å². The highest BCUT2D eigenvalue weighted by Gasteiger charge is 2.16. The Kier molecular flexibility index (Phi) is 5.03. The van der Waals surface area contributed by atoms with Gasteiger partial charge in [-0.2, -0.15) is 0 Å². The monoisotopic (exact) mass is 293 g/mol. The summed E-state index contributed by atoms with van der Waals surface area (Å²) in [5.74, 6) is -0.184. The molecule has 0 aromatic heterocycles. The molecule has 0 amide bonds. The fourth-order valence-electron chi connectivity index (χ4n) is 1.90. The Morgan fingerprint density at radius 3 is 2.73 bits per heavy atom. The second-order valence-electron chi connectivity index (χ2n) is 3.67. The Morgan fingerprint density at radius 2 is 2.13 bits per heavy atom. The van der Waals surface area contributed by atoms with Crippen LogP contribution in [0.2, 0.25) is 0 Å². The normalized spacial score (nSPS) is 20.8. The van der Waals surface area contributed by atoms with Gasteiger partial charge < -0.3 is 5.32 Å². The van der Waals surface area contributed by atoms with Gasteiger partial charge in [0, 0.05) is 10.5 Å². The van der Waals surface area contributed by atoms with Crippen molar-refractivity contribution in [2.24, 2.45) is 0 Å². The maximum absolute atomic E-state index is 12.9. The number of benzene rings is 1. The molecule has 4 heteroatoms. The van der Waals surface area contributed by atoms with E-state index in [-0.39, 0.29) is 18.2 Å². The zero-order valence-corrected chi connectivity index (χ0v) is 10.7. The fraction of sp³-hybridized carbons (Fsp3) is 0.455. The molecule has 1 aromatic carbocycles. The summed E-state index contributed by atoms with van der Waals surface area (Å²) in [5, 5.41) is 3.44. The van der Waals surface area contributed by atoms with Gasteiger partial charge in [0.2, 0.25) is 0 Å². The van der Waals surface area contributed by atoms with Gasteiger partial charge in [-0.3, -0.25) is 0 Å². The number of nitrogens with one attached hydrogen (secondary N) is 1. The molecule has 0 bridgehead atoms. The predicted octanol–water partition coefficient (Wildman–Crippen LogP) is 3.82. The molecule has 84 valence electrons. The molecule has 15 heavy (non-hydrogen) atoms. The summed E-state index contributed by atoms with van der Waals surface area (Å²) in [6.07, 6.45) is 3.64. The third-order valence-electron chi connectivity index (χ3n) is 2.65. The van der Waals surface area contributed by atoms with Crippen LogP contribution in [0.4, 0.5) is 4.39 Å². The molecule has 0 saturated carbocycles. The maximum Gasteiger partial charge on any atom is 0.124 e. The lowest BCUT2D eigenvalue weighted by Gasteiger charge is -2.24. The van der Waals surface area contributed by atoms with Gasteiger partial charge in [0.05, 0.1) is 0 Å². The van der Waals surface area contributed by atoms with Gasteiger partial charge in [-0.1, -0.05) is 28.4 Å². The summed E-state index contributed by atoms with van der Waals surface area (Å²) in [6, 6.07) is 5.31. The number of piperidine rings is 1.